The summed E-state index contributed by atoms with van der Waals surface area (Å²) in [6.45, 7) is 0.712. The highest BCUT2D eigenvalue weighted by atomic mass is 35.5. The molecule has 1 atom stereocenters. The second kappa shape index (κ2) is 7.80. The third-order valence-corrected chi connectivity index (χ3v) is 2.84. The van der Waals surface area contributed by atoms with Gasteiger partial charge in [0.05, 0.1) is 5.69 Å². The molecule has 2 rings (SSSR count). The zero-order valence-electron chi connectivity index (χ0n) is 10.2. The number of hydrogen-bond acceptors (Lipinski definition) is 3. The molecule has 0 saturated heterocycles. The van der Waals surface area contributed by atoms with Crippen LogP contribution in [0, 0.1) is 0 Å². The SMILES string of the molecule is Cl.NCCCC(c1ccccc1)c1cnccn1. The largest absolute Gasteiger partial charge is 0.330 e. The topological polar surface area (TPSA) is 51.8 Å². The van der Waals surface area contributed by atoms with Crippen molar-refractivity contribution in [2.24, 2.45) is 5.73 Å². The molecule has 0 aliphatic carbocycles. The fraction of sp³-hybridized carbons (Fsp3) is 0.286. The quantitative estimate of drug-likeness (QED) is 0.903. The van der Waals surface area contributed by atoms with Crippen LogP contribution in [0.15, 0.2) is 48.9 Å². The van der Waals surface area contributed by atoms with Crippen molar-refractivity contribution in [3.63, 3.8) is 0 Å². The van der Waals surface area contributed by atoms with Gasteiger partial charge < -0.3 is 5.73 Å². The third kappa shape index (κ3) is 3.79. The molecule has 0 saturated carbocycles. The first-order valence-corrected chi connectivity index (χ1v) is 5.92. The molecule has 0 aliphatic rings. The van der Waals surface area contributed by atoms with Crippen molar-refractivity contribution < 1.29 is 0 Å². The van der Waals surface area contributed by atoms with E-state index < -0.39 is 0 Å². The van der Waals surface area contributed by atoms with Crippen LogP contribution in [0.1, 0.15) is 30.0 Å². The lowest BCUT2D eigenvalue weighted by atomic mass is 9.91. The van der Waals surface area contributed by atoms with E-state index in [1.54, 1.807) is 12.4 Å². The van der Waals surface area contributed by atoms with Crippen LogP contribution in [-0.4, -0.2) is 16.5 Å². The summed E-state index contributed by atoms with van der Waals surface area (Å²) in [6.07, 6.45) is 7.30. The maximum atomic E-state index is 5.60. The predicted octanol–water partition coefficient (Wildman–Crippen LogP) is 2.77. The lowest BCUT2D eigenvalue weighted by molar-refractivity contribution is 0.652. The molecule has 0 bridgehead atoms. The Kier molecular flexibility index (Phi) is 6.33. The molecular formula is C14H18ClN3. The summed E-state index contributed by atoms with van der Waals surface area (Å²) in [7, 11) is 0. The monoisotopic (exact) mass is 263 g/mol. The zero-order chi connectivity index (χ0) is 11.9. The summed E-state index contributed by atoms with van der Waals surface area (Å²) in [5, 5.41) is 0. The Morgan fingerprint density at radius 2 is 1.89 bits per heavy atom. The van der Waals surface area contributed by atoms with E-state index in [0.29, 0.717) is 12.5 Å². The molecule has 0 spiro atoms. The summed E-state index contributed by atoms with van der Waals surface area (Å²) in [6, 6.07) is 10.4. The Hall–Kier alpha value is -1.45. The minimum Gasteiger partial charge on any atom is -0.330 e. The number of nitrogens with zero attached hydrogens (tertiary/aromatic N) is 2. The van der Waals surface area contributed by atoms with E-state index in [0.717, 1.165) is 18.5 Å². The van der Waals surface area contributed by atoms with E-state index in [2.05, 4.69) is 34.2 Å². The van der Waals surface area contributed by atoms with Crippen LogP contribution in [0.4, 0.5) is 0 Å². The Labute approximate surface area is 114 Å². The molecule has 1 heterocycles. The Balaban J connectivity index is 0.00000162. The van der Waals surface area contributed by atoms with Crippen LogP contribution >= 0.6 is 12.4 Å². The van der Waals surface area contributed by atoms with Gasteiger partial charge in [-0.1, -0.05) is 30.3 Å². The number of benzene rings is 1. The number of aromatic nitrogens is 2. The van der Waals surface area contributed by atoms with Crippen molar-refractivity contribution in [2.75, 3.05) is 6.54 Å². The normalized spacial score (nSPS) is 11.6. The van der Waals surface area contributed by atoms with Crippen LogP contribution in [-0.2, 0) is 0 Å². The fourth-order valence-electron chi connectivity index (χ4n) is 1.98. The van der Waals surface area contributed by atoms with Gasteiger partial charge in [-0.3, -0.25) is 9.97 Å². The van der Waals surface area contributed by atoms with Gasteiger partial charge in [0.25, 0.3) is 0 Å². The van der Waals surface area contributed by atoms with Gasteiger partial charge in [-0.2, -0.15) is 0 Å². The first kappa shape index (κ1) is 14.6. The van der Waals surface area contributed by atoms with Gasteiger partial charge in [0, 0.05) is 24.5 Å². The van der Waals surface area contributed by atoms with Crippen LogP contribution in [0.25, 0.3) is 0 Å². The lowest BCUT2D eigenvalue weighted by Crippen LogP contribution is -2.07. The standard InChI is InChI=1S/C14H17N3.ClH/c15-8-4-7-13(12-5-2-1-3-6-12)14-11-16-9-10-17-14;/h1-3,5-6,9-11,13H,4,7-8,15H2;1H. The van der Waals surface area contributed by atoms with E-state index in [1.165, 1.54) is 5.56 Å². The summed E-state index contributed by atoms with van der Waals surface area (Å²) in [5.41, 5.74) is 7.90. The molecule has 0 amide bonds. The Morgan fingerprint density at radius 3 is 2.50 bits per heavy atom. The molecule has 3 nitrogen and oxygen atoms in total. The smallest absolute Gasteiger partial charge is 0.0661 e. The van der Waals surface area contributed by atoms with Gasteiger partial charge in [-0.15, -0.1) is 12.4 Å². The fourth-order valence-corrected chi connectivity index (χ4v) is 1.98. The van der Waals surface area contributed by atoms with Gasteiger partial charge in [-0.25, -0.2) is 0 Å². The molecule has 0 fully saturated rings. The van der Waals surface area contributed by atoms with Crippen LogP contribution in [0.5, 0.6) is 0 Å². The van der Waals surface area contributed by atoms with E-state index in [1.807, 2.05) is 12.3 Å². The molecule has 2 N–H and O–H groups in total. The van der Waals surface area contributed by atoms with E-state index >= 15 is 0 Å². The second-order valence-corrected chi connectivity index (χ2v) is 4.02. The van der Waals surface area contributed by atoms with Crippen molar-refractivity contribution in [2.45, 2.75) is 18.8 Å². The lowest BCUT2D eigenvalue weighted by Gasteiger charge is -2.15. The van der Waals surface area contributed by atoms with Gasteiger partial charge in [-0.05, 0) is 24.9 Å². The highest BCUT2D eigenvalue weighted by Gasteiger charge is 2.14. The Bertz CT molecular complexity index is 394. The van der Waals surface area contributed by atoms with Crippen molar-refractivity contribution in [3.05, 3.63) is 60.2 Å². The second-order valence-electron chi connectivity index (χ2n) is 4.02. The molecule has 4 heteroatoms. The molecule has 2 aromatic rings. The first-order valence-electron chi connectivity index (χ1n) is 5.92. The Morgan fingerprint density at radius 1 is 1.11 bits per heavy atom. The van der Waals surface area contributed by atoms with Crippen LogP contribution < -0.4 is 5.73 Å². The molecule has 1 aromatic carbocycles. The molecule has 96 valence electrons. The minimum atomic E-state index is 0. The van der Waals surface area contributed by atoms with Gasteiger partial charge in [0.1, 0.15) is 0 Å². The van der Waals surface area contributed by atoms with E-state index in [9.17, 15) is 0 Å². The molecule has 18 heavy (non-hydrogen) atoms. The first-order chi connectivity index (χ1) is 8.42. The maximum Gasteiger partial charge on any atom is 0.0661 e. The molecule has 0 aliphatic heterocycles. The average molecular weight is 264 g/mol. The van der Waals surface area contributed by atoms with Crippen molar-refractivity contribution in [1.29, 1.82) is 0 Å². The highest BCUT2D eigenvalue weighted by Crippen LogP contribution is 2.26. The molecular weight excluding hydrogens is 246 g/mol. The average Bonchev–Trinajstić information content (AvgIpc) is 2.42. The van der Waals surface area contributed by atoms with Gasteiger partial charge >= 0.3 is 0 Å². The van der Waals surface area contributed by atoms with Crippen molar-refractivity contribution in [3.8, 4) is 0 Å². The summed E-state index contributed by atoms with van der Waals surface area (Å²) in [5.74, 6) is 0.299. The third-order valence-electron chi connectivity index (χ3n) is 2.84. The maximum absolute atomic E-state index is 5.60. The van der Waals surface area contributed by atoms with Crippen molar-refractivity contribution >= 4 is 12.4 Å². The predicted molar refractivity (Wildman–Crippen MR) is 75.9 cm³/mol. The van der Waals surface area contributed by atoms with E-state index in [-0.39, 0.29) is 12.4 Å². The van der Waals surface area contributed by atoms with Gasteiger partial charge in [0.2, 0.25) is 0 Å². The number of nitrogens with two attached hydrogens (primary N) is 1. The van der Waals surface area contributed by atoms with Crippen LogP contribution in [0.2, 0.25) is 0 Å². The number of hydrogen-bond donors (Lipinski definition) is 1. The number of halogens is 1. The summed E-state index contributed by atoms with van der Waals surface area (Å²) < 4.78 is 0. The summed E-state index contributed by atoms with van der Waals surface area (Å²) in [4.78, 5) is 8.55. The van der Waals surface area contributed by atoms with E-state index in [4.69, 9.17) is 5.73 Å². The number of rotatable bonds is 5. The molecule has 0 radical (unpaired) electrons. The minimum absolute atomic E-state index is 0. The highest BCUT2D eigenvalue weighted by molar-refractivity contribution is 5.85. The van der Waals surface area contributed by atoms with Crippen molar-refractivity contribution in [1.82, 2.24) is 9.97 Å². The molecule has 1 unspecified atom stereocenters. The zero-order valence-corrected chi connectivity index (χ0v) is 11.0. The van der Waals surface area contributed by atoms with Crippen LogP contribution in [0.3, 0.4) is 0 Å². The summed E-state index contributed by atoms with van der Waals surface area (Å²) >= 11 is 0. The molecule has 1 aromatic heterocycles. The van der Waals surface area contributed by atoms with Gasteiger partial charge in [0.15, 0.2) is 0 Å².